The zero-order valence-corrected chi connectivity index (χ0v) is 13.8. The maximum absolute atomic E-state index is 12.6. The molecule has 0 N–H and O–H groups in total. The fourth-order valence-corrected chi connectivity index (χ4v) is 3.70. The molecule has 8 heteroatoms. The van der Waals surface area contributed by atoms with Gasteiger partial charge in [0.05, 0.1) is 4.90 Å². The molecular formula is C15H18F3NO3S. The van der Waals surface area contributed by atoms with E-state index in [1.807, 2.05) is 13.8 Å². The summed E-state index contributed by atoms with van der Waals surface area (Å²) >= 11 is 0. The molecule has 0 saturated carbocycles. The van der Waals surface area contributed by atoms with Gasteiger partial charge in [-0.15, -0.1) is 0 Å². The Bertz CT molecular complexity index is 724. The first-order valence-electron chi connectivity index (χ1n) is 7.04. The second-order valence-corrected chi connectivity index (χ2v) is 7.72. The topological polar surface area (TPSA) is 46.6 Å². The predicted octanol–water partition coefficient (Wildman–Crippen LogP) is 3.44. The summed E-state index contributed by atoms with van der Waals surface area (Å²) in [6, 6.07) is 4.06. The molecule has 0 amide bonds. The van der Waals surface area contributed by atoms with Gasteiger partial charge in [0.25, 0.3) is 0 Å². The Labute approximate surface area is 133 Å². The summed E-state index contributed by atoms with van der Waals surface area (Å²) in [5.41, 5.74) is 0.00697. The number of nitrogens with zero attached hydrogens (tertiary/aromatic N) is 1. The van der Waals surface area contributed by atoms with E-state index in [1.165, 1.54) is 25.1 Å². The fraction of sp³-hybridized carbons (Fsp3) is 0.467. The van der Waals surface area contributed by atoms with Crippen LogP contribution in [0.2, 0.25) is 0 Å². The van der Waals surface area contributed by atoms with E-state index in [1.54, 1.807) is 12.2 Å². The molecule has 1 aromatic carbocycles. The first-order valence-corrected chi connectivity index (χ1v) is 8.48. The maximum Gasteiger partial charge on any atom is 0.402 e. The van der Waals surface area contributed by atoms with Crippen LogP contribution in [0.4, 0.5) is 13.2 Å². The molecule has 0 atom stereocenters. The Morgan fingerprint density at radius 1 is 1.26 bits per heavy atom. The molecular weight excluding hydrogens is 331 g/mol. The van der Waals surface area contributed by atoms with Crippen molar-refractivity contribution >= 4 is 16.1 Å². The van der Waals surface area contributed by atoms with Gasteiger partial charge in [-0.05, 0) is 38.1 Å². The molecule has 0 saturated heterocycles. The van der Waals surface area contributed by atoms with E-state index in [0.29, 0.717) is 15.6 Å². The molecule has 0 aliphatic carbocycles. The van der Waals surface area contributed by atoms with Crippen molar-refractivity contribution in [2.45, 2.75) is 37.4 Å². The maximum atomic E-state index is 12.6. The summed E-state index contributed by atoms with van der Waals surface area (Å²) < 4.78 is 68.6. The Kier molecular flexibility index (Phi) is 4.51. The quantitative estimate of drug-likeness (QED) is 0.836. The molecule has 1 aromatic rings. The number of sulfonamides is 1. The minimum Gasteiger partial charge on any atom is -0.483 e. The standard InChI is InChI=1S/C15H18F3NO3S/c1-4-19(10-15(16,17)18)23(20,21)12-5-6-13-11(9-12)7-8-14(2,3)22-13/h5-9H,4,10H2,1-3H3. The molecule has 1 heterocycles. The summed E-state index contributed by atoms with van der Waals surface area (Å²) in [5, 5.41) is 0. The number of halogens is 3. The van der Waals surface area contributed by atoms with Crippen LogP contribution in [-0.2, 0) is 10.0 Å². The van der Waals surface area contributed by atoms with Gasteiger partial charge in [-0.2, -0.15) is 17.5 Å². The molecule has 128 valence electrons. The van der Waals surface area contributed by atoms with Crippen molar-refractivity contribution in [2.75, 3.05) is 13.1 Å². The third-order valence-corrected chi connectivity index (χ3v) is 5.28. The zero-order chi connectivity index (χ0) is 17.5. The number of rotatable bonds is 4. The predicted molar refractivity (Wildman–Crippen MR) is 80.7 cm³/mol. The molecule has 0 fully saturated rings. The Balaban J connectivity index is 2.38. The third-order valence-electron chi connectivity index (χ3n) is 3.36. The van der Waals surface area contributed by atoms with E-state index in [9.17, 15) is 21.6 Å². The molecule has 1 aliphatic heterocycles. The van der Waals surface area contributed by atoms with Crippen molar-refractivity contribution in [2.24, 2.45) is 0 Å². The van der Waals surface area contributed by atoms with E-state index in [4.69, 9.17) is 4.74 Å². The van der Waals surface area contributed by atoms with Crippen molar-refractivity contribution in [3.05, 3.63) is 29.8 Å². The second-order valence-electron chi connectivity index (χ2n) is 5.78. The average Bonchev–Trinajstić information content (AvgIpc) is 2.42. The van der Waals surface area contributed by atoms with Crippen LogP contribution in [0.1, 0.15) is 26.3 Å². The van der Waals surface area contributed by atoms with E-state index >= 15 is 0 Å². The molecule has 0 spiro atoms. The zero-order valence-electron chi connectivity index (χ0n) is 13.0. The highest BCUT2D eigenvalue weighted by Gasteiger charge is 2.36. The Hall–Kier alpha value is -1.54. The summed E-state index contributed by atoms with van der Waals surface area (Å²) in [7, 11) is -4.22. The van der Waals surface area contributed by atoms with Gasteiger partial charge in [-0.1, -0.05) is 13.0 Å². The lowest BCUT2D eigenvalue weighted by atomic mass is 10.0. The molecule has 0 radical (unpaired) electrons. The highest BCUT2D eigenvalue weighted by Crippen LogP contribution is 2.33. The first-order chi connectivity index (χ1) is 10.4. The second kappa shape index (κ2) is 5.83. The summed E-state index contributed by atoms with van der Waals surface area (Å²) in [6.45, 7) is 3.28. The van der Waals surface area contributed by atoms with Crippen LogP contribution in [0.5, 0.6) is 5.75 Å². The minimum atomic E-state index is -4.59. The van der Waals surface area contributed by atoms with Crippen LogP contribution in [0.15, 0.2) is 29.2 Å². The lowest BCUT2D eigenvalue weighted by Gasteiger charge is -2.28. The van der Waals surface area contributed by atoms with Crippen LogP contribution < -0.4 is 4.74 Å². The molecule has 23 heavy (non-hydrogen) atoms. The number of benzene rings is 1. The highest BCUT2D eigenvalue weighted by molar-refractivity contribution is 7.89. The average molecular weight is 349 g/mol. The summed E-state index contributed by atoms with van der Waals surface area (Å²) in [5.74, 6) is 0.496. The monoisotopic (exact) mass is 349 g/mol. The molecule has 2 rings (SSSR count). The van der Waals surface area contributed by atoms with Crippen molar-refractivity contribution in [3.8, 4) is 5.75 Å². The summed E-state index contributed by atoms with van der Waals surface area (Å²) in [6.07, 6.45) is -1.12. The molecule has 0 unspecified atom stereocenters. The van der Waals surface area contributed by atoms with Gasteiger partial charge in [0.1, 0.15) is 17.9 Å². The summed E-state index contributed by atoms with van der Waals surface area (Å²) in [4.78, 5) is -0.185. The van der Waals surface area contributed by atoms with Crippen molar-refractivity contribution in [1.29, 1.82) is 0 Å². The SMILES string of the molecule is CCN(CC(F)(F)F)S(=O)(=O)c1ccc2c(c1)C=CC(C)(C)O2. The normalized spacial score (nSPS) is 17.0. The van der Waals surface area contributed by atoms with E-state index in [-0.39, 0.29) is 11.4 Å². The van der Waals surface area contributed by atoms with Crippen molar-refractivity contribution < 1.29 is 26.3 Å². The van der Waals surface area contributed by atoms with Gasteiger partial charge < -0.3 is 4.74 Å². The number of hydrogen-bond acceptors (Lipinski definition) is 3. The number of hydrogen-bond donors (Lipinski definition) is 0. The van der Waals surface area contributed by atoms with Crippen molar-refractivity contribution in [3.63, 3.8) is 0 Å². The van der Waals surface area contributed by atoms with Gasteiger partial charge in [0.15, 0.2) is 0 Å². The minimum absolute atomic E-state index is 0.185. The molecule has 0 aromatic heterocycles. The lowest BCUT2D eigenvalue weighted by Crippen LogP contribution is -2.38. The molecule has 4 nitrogen and oxygen atoms in total. The van der Waals surface area contributed by atoms with Gasteiger partial charge >= 0.3 is 6.18 Å². The van der Waals surface area contributed by atoms with Crippen LogP contribution in [0, 0.1) is 0 Å². The largest absolute Gasteiger partial charge is 0.483 e. The smallest absolute Gasteiger partial charge is 0.402 e. The van der Waals surface area contributed by atoms with Gasteiger partial charge in [0, 0.05) is 12.1 Å². The molecule has 1 aliphatic rings. The lowest BCUT2D eigenvalue weighted by molar-refractivity contribution is -0.135. The Morgan fingerprint density at radius 2 is 1.91 bits per heavy atom. The molecule has 0 bridgehead atoms. The van der Waals surface area contributed by atoms with E-state index in [0.717, 1.165) is 0 Å². The van der Waals surface area contributed by atoms with E-state index < -0.39 is 28.3 Å². The van der Waals surface area contributed by atoms with Gasteiger partial charge in [0.2, 0.25) is 10.0 Å². The van der Waals surface area contributed by atoms with Crippen molar-refractivity contribution in [1.82, 2.24) is 4.31 Å². The van der Waals surface area contributed by atoms with Crippen LogP contribution in [-0.4, -0.2) is 37.6 Å². The van der Waals surface area contributed by atoms with E-state index in [2.05, 4.69) is 0 Å². The number of fused-ring (bicyclic) bond motifs is 1. The highest BCUT2D eigenvalue weighted by atomic mass is 32.2. The van der Waals surface area contributed by atoms with Crippen LogP contribution in [0.3, 0.4) is 0 Å². The fourth-order valence-electron chi connectivity index (χ4n) is 2.23. The number of ether oxygens (including phenoxy) is 1. The van der Waals surface area contributed by atoms with Gasteiger partial charge in [-0.25, -0.2) is 8.42 Å². The van der Waals surface area contributed by atoms with Crippen LogP contribution in [0.25, 0.3) is 6.08 Å². The third kappa shape index (κ3) is 4.06. The van der Waals surface area contributed by atoms with Crippen LogP contribution >= 0.6 is 0 Å². The van der Waals surface area contributed by atoms with Gasteiger partial charge in [-0.3, -0.25) is 0 Å². The number of alkyl halides is 3. The Morgan fingerprint density at radius 3 is 2.48 bits per heavy atom. The first kappa shape index (κ1) is 17.8.